The molecule has 0 bridgehead atoms. The fraction of sp³-hybridized carbons (Fsp3) is 0.286. The molecule has 5 heteroatoms. The smallest absolute Gasteiger partial charge is 0.307 e. The van der Waals surface area contributed by atoms with Crippen LogP contribution in [0.5, 0.6) is 0 Å². The van der Waals surface area contributed by atoms with Crippen LogP contribution in [0.15, 0.2) is 41.1 Å². The number of aryl methyl sites for hydroxylation is 1. The highest BCUT2D eigenvalue weighted by Gasteiger charge is 2.19. The van der Waals surface area contributed by atoms with E-state index in [0.717, 1.165) is 15.6 Å². The fourth-order valence-corrected chi connectivity index (χ4v) is 2.28. The second kappa shape index (κ2) is 6.02. The molecule has 2 aromatic rings. The Morgan fingerprint density at radius 1 is 1.32 bits per heavy atom. The minimum absolute atomic E-state index is 0.426. The van der Waals surface area contributed by atoms with Crippen molar-refractivity contribution in [2.45, 2.75) is 12.8 Å². The van der Waals surface area contributed by atoms with Crippen LogP contribution in [-0.4, -0.2) is 20.9 Å². The zero-order valence-corrected chi connectivity index (χ0v) is 12.2. The number of benzene rings is 1. The first-order chi connectivity index (χ1) is 9.04. The molecule has 0 aliphatic heterocycles. The van der Waals surface area contributed by atoms with Crippen molar-refractivity contribution in [2.24, 2.45) is 13.0 Å². The quantitative estimate of drug-likeness (QED) is 0.920. The summed E-state index contributed by atoms with van der Waals surface area (Å²) in [5.74, 6) is -1.20. The van der Waals surface area contributed by atoms with E-state index in [0.29, 0.717) is 12.8 Å². The van der Waals surface area contributed by atoms with Crippen LogP contribution in [-0.2, 0) is 24.7 Å². The lowest BCUT2D eigenvalue weighted by atomic mass is 9.94. The third kappa shape index (κ3) is 3.92. The molecule has 1 heterocycles. The van der Waals surface area contributed by atoms with Crippen molar-refractivity contribution in [3.05, 3.63) is 52.3 Å². The lowest BCUT2D eigenvalue weighted by molar-refractivity contribution is -0.141. The number of carbonyl (C=O) groups is 1. The molecule has 0 saturated heterocycles. The summed E-state index contributed by atoms with van der Waals surface area (Å²) in [5.41, 5.74) is 1.98. The summed E-state index contributed by atoms with van der Waals surface area (Å²) in [7, 11) is 1.83. The summed E-state index contributed by atoms with van der Waals surface area (Å²) < 4.78 is 2.68. The third-order valence-corrected chi connectivity index (χ3v) is 3.51. The molecular weight excluding hydrogens is 308 g/mol. The molecule has 0 aliphatic rings. The average Bonchev–Trinajstić information content (AvgIpc) is 2.76. The number of aliphatic carboxylic acids is 1. The standard InChI is InChI=1S/C14H15BrN2O2/c1-17-9-11(8-16-17)7-12(14(18)19)6-10-2-4-13(15)5-3-10/h2-5,8-9,12H,6-7H2,1H3,(H,18,19). The van der Waals surface area contributed by atoms with Gasteiger partial charge in [0.15, 0.2) is 0 Å². The van der Waals surface area contributed by atoms with Gasteiger partial charge in [0.05, 0.1) is 12.1 Å². The van der Waals surface area contributed by atoms with E-state index in [1.54, 1.807) is 10.9 Å². The Morgan fingerprint density at radius 3 is 2.47 bits per heavy atom. The van der Waals surface area contributed by atoms with Gasteiger partial charge < -0.3 is 5.11 Å². The minimum atomic E-state index is -0.772. The highest BCUT2D eigenvalue weighted by atomic mass is 79.9. The molecule has 1 aromatic heterocycles. The van der Waals surface area contributed by atoms with Gasteiger partial charge in [-0.25, -0.2) is 0 Å². The van der Waals surface area contributed by atoms with Crippen molar-refractivity contribution in [2.75, 3.05) is 0 Å². The molecule has 0 fully saturated rings. The minimum Gasteiger partial charge on any atom is -0.481 e. The van der Waals surface area contributed by atoms with Crippen LogP contribution in [0.4, 0.5) is 0 Å². The number of carboxylic acids is 1. The van der Waals surface area contributed by atoms with Crippen LogP contribution >= 0.6 is 15.9 Å². The normalized spacial score (nSPS) is 12.3. The maximum absolute atomic E-state index is 11.3. The van der Waals surface area contributed by atoms with E-state index in [1.807, 2.05) is 37.5 Å². The van der Waals surface area contributed by atoms with Crippen LogP contribution in [0.2, 0.25) is 0 Å². The molecule has 0 amide bonds. The Morgan fingerprint density at radius 2 is 1.95 bits per heavy atom. The second-order valence-corrected chi connectivity index (χ2v) is 5.51. The molecule has 100 valence electrons. The lowest BCUT2D eigenvalue weighted by Crippen LogP contribution is -2.19. The molecule has 4 nitrogen and oxygen atoms in total. The van der Waals surface area contributed by atoms with Crippen LogP contribution in [0, 0.1) is 5.92 Å². The third-order valence-electron chi connectivity index (χ3n) is 2.99. The second-order valence-electron chi connectivity index (χ2n) is 4.59. The first-order valence-corrected chi connectivity index (χ1v) is 6.78. The van der Waals surface area contributed by atoms with Gasteiger partial charge in [0.1, 0.15) is 0 Å². The molecule has 0 saturated carbocycles. The molecule has 1 atom stereocenters. The van der Waals surface area contributed by atoms with Gasteiger partial charge in [-0.05, 0) is 36.1 Å². The van der Waals surface area contributed by atoms with Crippen molar-refractivity contribution in [1.29, 1.82) is 0 Å². The van der Waals surface area contributed by atoms with E-state index in [1.165, 1.54) is 0 Å². The average molecular weight is 323 g/mol. The van der Waals surface area contributed by atoms with Crippen molar-refractivity contribution in [3.8, 4) is 0 Å². The maximum atomic E-state index is 11.3. The van der Waals surface area contributed by atoms with Crippen LogP contribution in [0.25, 0.3) is 0 Å². The largest absolute Gasteiger partial charge is 0.481 e. The number of halogens is 1. The van der Waals surface area contributed by atoms with Crippen molar-refractivity contribution < 1.29 is 9.90 Å². The predicted molar refractivity (Wildman–Crippen MR) is 75.9 cm³/mol. The Balaban J connectivity index is 2.08. The Bertz CT molecular complexity index is 563. The number of aromatic nitrogens is 2. The zero-order chi connectivity index (χ0) is 13.8. The van der Waals surface area contributed by atoms with Crippen LogP contribution in [0.1, 0.15) is 11.1 Å². The summed E-state index contributed by atoms with van der Waals surface area (Å²) in [5, 5.41) is 13.4. The van der Waals surface area contributed by atoms with Gasteiger partial charge in [-0.2, -0.15) is 5.10 Å². The number of rotatable bonds is 5. The van der Waals surface area contributed by atoms with E-state index in [9.17, 15) is 9.90 Å². The number of hydrogen-bond acceptors (Lipinski definition) is 2. The van der Waals surface area contributed by atoms with Crippen LogP contribution in [0.3, 0.4) is 0 Å². The number of nitrogens with zero attached hydrogens (tertiary/aromatic N) is 2. The molecule has 0 radical (unpaired) electrons. The summed E-state index contributed by atoms with van der Waals surface area (Å²) >= 11 is 3.37. The van der Waals surface area contributed by atoms with Gasteiger partial charge in [0.25, 0.3) is 0 Å². The van der Waals surface area contributed by atoms with Crippen LogP contribution < -0.4 is 0 Å². The first kappa shape index (κ1) is 13.8. The van der Waals surface area contributed by atoms with E-state index in [4.69, 9.17) is 0 Å². The topological polar surface area (TPSA) is 55.1 Å². The summed E-state index contributed by atoms with van der Waals surface area (Å²) in [6.45, 7) is 0. The van der Waals surface area contributed by atoms with Gasteiger partial charge in [-0.1, -0.05) is 28.1 Å². The monoisotopic (exact) mass is 322 g/mol. The molecule has 2 rings (SSSR count). The van der Waals surface area contributed by atoms with Gasteiger partial charge in [0, 0.05) is 17.7 Å². The molecule has 19 heavy (non-hydrogen) atoms. The first-order valence-electron chi connectivity index (χ1n) is 5.99. The van der Waals surface area contributed by atoms with Crippen molar-refractivity contribution in [1.82, 2.24) is 9.78 Å². The summed E-state index contributed by atoms with van der Waals surface area (Å²) in [6, 6.07) is 7.75. The molecule has 0 spiro atoms. The van der Waals surface area contributed by atoms with Gasteiger partial charge in [-0.3, -0.25) is 9.48 Å². The SMILES string of the molecule is Cn1cc(CC(Cc2ccc(Br)cc2)C(=O)O)cn1. The van der Waals surface area contributed by atoms with Gasteiger partial charge in [-0.15, -0.1) is 0 Å². The zero-order valence-electron chi connectivity index (χ0n) is 10.6. The fourth-order valence-electron chi connectivity index (χ4n) is 2.01. The molecular formula is C14H15BrN2O2. The molecule has 0 aliphatic carbocycles. The molecule has 1 aromatic carbocycles. The number of hydrogen-bond donors (Lipinski definition) is 1. The Labute approximate surface area is 120 Å². The lowest BCUT2D eigenvalue weighted by Gasteiger charge is -2.11. The van der Waals surface area contributed by atoms with Crippen molar-refractivity contribution in [3.63, 3.8) is 0 Å². The van der Waals surface area contributed by atoms with E-state index in [2.05, 4.69) is 21.0 Å². The van der Waals surface area contributed by atoms with Gasteiger partial charge in [0.2, 0.25) is 0 Å². The summed E-state index contributed by atoms with van der Waals surface area (Å²) in [6.07, 6.45) is 4.60. The summed E-state index contributed by atoms with van der Waals surface area (Å²) in [4.78, 5) is 11.3. The molecule has 1 unspecified atom stereocenters. The maximum Gasteiger partial charge on any atom is 0.307 e. The van der Waals surface area contributed by atoms with Gasteiger partial charge >= 0.3 is 5.97 Å². The predicted octanol–water partition coefficient (Wildman–Crippen LogP) is 2.67. The highest BCUT2D eigenvalue weighted by Crippen LogP contribution is 2.17. The molecule has 1 N–H and O–H groups in total. The van der Waals surface area contributed by atoms with E-state index >= 15 is 0 Å². The van der Waals surface area contributed by atoms with E-state index < -0.39 is 11.9 Å². The highest BCUT2D eigenvalue weighted by molar-refractivity contribution is 9.10. The Hall–Kier alpha value is -1.62. The number of carboxylic acid groups (broad SMARTS) is 1. The van der Waals surface area contributed by atoms with E-state index in [-0.39, 0.29) is 0 Å². The van der Waals surface area contributed by atoms with Crippen molar-refractivity contribution >= 4 is 21.9 Å². The Kier molecular flexibility index (Phi) is 4.37.